The molecule has 2 amide bonds. The third-order valence-electron chi connectivity index (χ3n) is 5.38. The first-order valence-corrected chi connectivity index (χ1v) is 9.96. The van der Waals surface area contributed by atoms with E-state index < -0.39 is 6.04 Å². The number of carbonyl (C=O) groups is 2. The molecule has 8 heteroatoms. The van der Waals surface area contributed by atoms with Gasteiger partial charge in [0.15, 0.2) is 0 Å². The second-order valence-corrected chi connectivity index (χ2v) is 7.33. The lowest BCUT2D eigenvalue weighted by atomic mass is 10.0. The molecule has 3 rings (SSSR count). The maximum absolute atomic E-state index is 13.0. The van der Waals surface area contributed by atoms with Crippen molar-refractivity contribution in [3.8, 4) is 0 Å². The fraction of sp³-hybridized carbons (Fsp3) is 0.684. The van der Waals surface area contributed by atoms with Crippen molar-refractivity contribution >= 4 is 17.8 Å². The Morgan fingerprint density at radius 2 is 1.93 bits per heavy atom. The number of carbonyl (C=O) groups excluding carboxylic acids is 2. The first-order valence-electron chi connectivity index (χ1n) is 9.96. The van der Waals surface area contributed by atoms with Crippen molar-refractivity contribution in [3.05, 3.63) is 17.0 Å². The van der Waals surface area contributed by atoms with Crippen molar-refractivity contribution in [2.75, 3.05) is 32.0 Å². The van der Waals surface area contributed by atoms with E-state index in [9.17, 15) is 9.59 Å². The monoisotopic (exact) mass is 374 g/mol. The van der Waals surface area contributed by atoms with Crippen molar-refractivity contribution in [1.82, 2.24) is 19.8 Å². The minimum absolute atomic E-state index is 0.0497. The number of unbranched alkanes of at least 4 members (excludes halogenated alkanes) is 1. The number of rotatable bonds is 6. The molecule has 1 atom stereocenters. The van der Waals surface area contributed by atoms with Gasteiger partial charge in [0.1, 0.15) is 5.69 Å². The normalized spacial score (nSPS) is 17.6. The topological polar surface area (TPSA) is 104 Å². The second kappa shape index (κ2) is 8.65. The Morgan fingerprint density at radius 3 is 2.59 bits per heavy atom. The largest absolute Gasteiger partial charge is 0.357 e. The van der Waals surface area contributed by atoms with Crippen LogP contribution in [-0.2, 0) is 17.8 Å². The number of nitrogens with two attached hydrogens (primary N) is 1. The first kappa shape index (κ1) is 19.5. The Kier molecular flexibility index (Phi) is 6.26. The van der Waals surface area contributed by atoms with Gasteiger partial charge in [0.2, 0.25) is 11.9 Å². The molecule has 1 saturated heterocycles. The molecule has 1 aromatic rings. The first-order chi connectivity index (χ1) is 13.0. The van der Waals surface area contributed by atoms with Crippen molar-refractivity contribution in [3.63, 3.8) is 0 Å². The molecule has 0 saturated carbocycles. The number of fused-ring (bicyclic) bond motifs is 1. The summed E-state index contributed by atoms with van der Waals surface area (Å²) < 4.78 is 0. The molecular formula is C19H30N6O2. The van der Waals surface area contributed by atoms with Crippen LogP contribution in [-0.4, -0.2) is 64.3 Å². The number of nitrogens with zero attached hydrogens (tertiary/aromatic N) is 4. The van der Waals surface area contributed by atoms with Crippen LogP contribution in [0.3, 0.4) is 0 Å². The zero-order chi connectivity index (χ0) is 19.4. The van der Waals surface area contributed by atoms with Gasteiger partial charge in [-0.15, -0.1) is 0 Å². The maximum atomic E-state index is 13.0. The molecule has 8 nitrogen and oxygen atoms in total. The van der Waals surface area contributed by atoms with Gasteiger partial charge in [0.25, 0.3) is 5.91 Å². The minimum Gasteiger partial charge on any atom is -0.357 e. The van der Waals surface area contributed by atoms with Gasteiger partial charge in [-0.2, -0.15) is 0 Å². The second-order valence-electron chi connectivity index (χ2n) is 7.33. The van der Waals surface area contributed by atoms with E-state index in [1.807, 2.05) is 4.90 Å². The van der Waals surface area contributed by atoms with Crippen molar-refractivity contribution in [1.29, 1.82) is 0 Å². The van der Waals surface area contributed by atoms with Gasteiger partial charge in [0, 0.05) is 45.2 Å². The van der Waals surface area contributed by atoms with E-state index in [2.05, 4.69) is 22.2 Å². The van der Waals surface area contributed by atoms with Gasteiger partial charge < -0.3 is 20.9 Å². The molecule has 3 heterocycles. The summed E-state index contributed by atoms with van der Waals surface area (Å²) in [4.78, 5) is 38.3. The molecule has 0 bridgehead atoms. The molecule has 1 fully saturated rings. The summed E-state index contributed by atoms with van der Waals surface area (Å²) in [5, 5.41) is 2.94. The predicted octanol–water partition coefficient (Wildman–Crippen LogP) is 1.16. The molecule has 2 aliphatic rings. The lowest BCUT2D eigenvalue weighted by Crippen LogP contribution is -2.46. The van der Waals surface area contributed by atoms with Crippen LogP contribution < -0.4 is 11.1 Å². The van der Waals surface area contributed by atoms with E-state index in [1.54, 1.807) is 11.9 Å². The average Bonchev–Trinajstić information content (AvgIpc) is 3.24. The molecule has 1 unspecified atom stereocenters. The molecule has 0 spiro atoms. The van der Waals surface area contributed by atoms with E-state index in [-0.39, 0.29) is 11.8 Å². The molecule has 148 valence electrons. The number of aromatic nitrogens is 2. The van der Waals surface area contributed by atoms with Crippen LogP contribution in [0, 0.1) is 0 Å². The third-order valence-corrected chi connectivity index (χ3v) is 5.38. The summed E-state index contributed by atoms with van der Waals surface area (Å²) in [6.07, 6.45) is 5.29. The lowest BCUT2D eigenvalue weighted by Gasteiger charge is -2.31. The molecule has 3 N–H and O–H groups in total. The van der Waals surface area contributed by atoms with Crippen LogP contribution >= 0.6 is 0 Å². The molecule has 27 heavy (non-hydrogen) atoms. The van der Waals surface area contributed by atoms with Crippen molar-refractivity contribution in [2.24, 2.45) is 5.73 Å². The van der Waals surface area contributed by atoms with Crippen LogP contribution in [0.5, 0.6) is 0 Å². The predicted molar refractivity (Wildman–Crippen MR) is 103 cm³/mol. The number of amides is 2. The van der Waals surface area contributed by atoms with Crippen molar-refractivity contribution in [2.45, 2.75) is 58.0 Å². The highest BCUT2D eigenvalue weighted by molar-refractivity contribution is 5.94. The number of anilines is 1. The highest BCUT2D eigenvalue weighted by Crippen LogP contribution is 2.24. The van der Waals surface area contributed by atoms with Crippen LogP contribution in [0.15, 0.2) is 0 Å². The Hall–Kier alpha value is -2.22. The summed E-state index contributed by atoms with van der Waals surface area (Å²) in [5.41, 5.74) is 8.13. The number of hydrogen-bond acceptors (Lipinski definition) is 6. The smallest absolute Gasteiger partial charge is 0.273 e. The summed E-state index contributed by atoms with van der Waals surface area (Å²) in [6.45, 7) is 4.53. The quantitative estimate of drug-likeness (QED) is 0.774. The highest BCUT2D eigenvalue weighted by atomic mass is 16.2. The van der Waals surface area contributed by atoms with E-state index >= 15 is 0 Å². The Bertz CT molecular complexity index is 702. The van der Waals surface area contributed by atoms with Crippen LogP contribution in [0.1, 0.15) is 60.8 Å². The van der Waals surface area contributed by atoms with Crippen LogP contribution in [0.2, 0.25) is 0 Å². The van der Waals surface area contributed by atoms with Crippen LogP contribution in [0.25, 0.3) is 0 Å². The van der Waals surface area contributed by atoms with E-state index in [4.69, 9.17) is 5.73 Å². The zero-order valence-corrected chi connectivity index (χ0v) is 16.3. The van der Waals surface area contributed by atoms with E-state index in [1.165, 1.54) is 0 Å². The van der Waals surface area contributed by atoms with Gasteiger partial charge in [-0.05, 0) is 19.3 Å². The summed E-state index contributed by atoms with van der Waals surface area (Å²) in [5.74, 6) is 0.342. The fourth-order valence-electron chi connectivity index (χ4n) is 3.74. The summed E-state index contributed by atoms with van der Waals surface area (Å²) in [7, 11) is 1.75. The average molecular weight is 374 g/mol. The van der Waals surface area contributed by atoms with E-state index in [0.29, 0.717) is 37.6 Å². The molecule has 2 aliphatic heterocycles. The maximum Gasteiger partial charge on any atom is 0.273 e. The van der Waals surface area contributed by atoms with Gasteiger partial charge in [-0.1, -0.05) is 19.8 Å². The molecule has 0 aliphatic carbocycles. The van der Waals surface area contributed by atoms with E-state index in [0.717, 1.165) is 50.0 Å². The van der Waals surface area contributed by atoms with Crippen LogP contribution in [0.4, 0.5) is 5.95 Å². The minimum atomic E-state index is -0.485. The molecule has 1 aromatic heterocycles. The van der Waals surface area contributed by atoms with Crippen molar-refractivity contribution < 1.29 is 9.59 Å². The third kappa shape index (κ3) is 4.21. The Labute approximate surface area is 160 Å². The summed E-state index contributed by atoms with van der Waals surface area (Å²) >= 11 is 0. The lowest BCUT2D eigenvalue weighted by molar-refractivity contribution is -0.133. The Morgan fingerprint density at radius 1 is 1.19 bits per heavy atom. The van der Waals surface area contributed by atoms with Gasteiger partial charge in [-0.25, -0.2) is 9.97 Å². The molecular weight excluding hydrogens is 344 g/mol. The van der Waals surface area contributed by atoms with Gasteiger partial charge in [-0.3, -0.25) is 9.59 Å². The molecule has 0 radical (unpaired) electrons. The number of hydrogen-bond donors (Lipinski definition) is 2. The Balaban J connectivity index is 1.85. The standard InChI is InChI=1S/C19H30N6O2/c1-3-4-7-14(20)17(26)25-11-8-15-13(12-25)16(23-19(21-2)22-15)18(27)24-9-5-6-10-24/h14H,3-12,20H2,1-2H3,(H,21,22,23). The highest BCUT2D eigenvalue weighted by Gasteiger charge is 2.31. The number of nitrogens with one attached hydrogen (secondary N) is 1. The zero-order valence-electron chi connectivity index (χ0n) is 16.3. The fourth-order valence-corrected chi connectivity index (χ4v) is 3.74. The molecule has 0 aromatic carbocycles. The van der Waals surface area contributed by atoms with Gasteiger partial charge in [0.05, 0.1) is 11.7 Å². The summed E-state index contributed by atoms with van der Waals surface area (Å²) in [6, 6.07) is -0.485. The van der Waals surface area contributed by atoms with Gasteiger partial charge >= 0.3 is 0 Å². The number of likely N-dealkylation sites (tertiary alicyclic amines) is 1. The SMILES string of the molecule is CCCCC(N)C(=O)N1CCc2nc(NC)nc(C(=O)N3CCCC3)c2C1.